The Balaban J connectivity index is 2.08. The van der Waals surface area contributed by atoms with Crippen molar-refractivity contribution in [3.8, 4) is 0 Å². The van der Waals surface area contributed by atoms with Crippen LogP contribution in [0.25, 0.3) is 0 Å². The van der Waals surface area contributed by atoms with Gasteiger partial charge in [0.25, 0.3) is 0 Å². The lowest BCUT2D eigenvalue weighted by atomic mass is 10.0. The van der Waals surface area contributed by atoms with Crippen molar-refractivity contribution in [1.29, 1.82) is 0 Å². The van der Waals surface area contributed by atoms with Gasteiger partial charge < -0.3 is 5.73 Å². The van der Waals surface area contributed by atoms with Gasteiger partial charge in [0.05, 0.1) is 0 Å². The van der Waals surface area contributed by atoms with E-state index in [0.717, 1.165) is 11.1 Å². The summed E-state index contributed by atoms with van der Waals surface area (Å²) in [5.41, 5.74) is 8.12. The number of benzene rings is 1. The summed E-state index contributed by atoms with van der Waals surface area (Å²) >= 11 is 0. The molecular weight excluding hydrogens is 203 g/mol. The molecule has 82 valence electrons. The summed E-state index contributed by atoms with van der Waals surface area (Å²) in [6.07, 6.45) is 4.14. The maximum Gasteiger partial charge on any atom is 0.123 e. The first-order valence-corrected chi connectivity index (χ1v) is 5.15. The molecule has 0 unspecified atom stereocenters. The minimum absolute atomic E-state index is 0.0755. The van der Waals surface area contributed by atoms with E-state index >= 15 is 0 Å². The summed E-state index contributed by atoms with van der Waals surface area (Å²) < 4.78 is 12.7. The second kappa shape index (κ2) is 4.86. The third kappa shape index (κ3) is 2.64. The molecule has 2 aromatic rings. The Morgan fingerprint density at radius 2 is 1.69 bits per heavy atom. The number of aromatic nitrogens is 1. The zero-order valence-electron chi connectivity index (χ0n) is 8.81. The van der Waals surface area contributed by atoms with Crippen molar-refractivity contribution in [2.75, 3.05) is 0 Å². The zero-order chi connectivity index (χ0) is 11.4. The van der Waals surface area contributed by atoms with E-state index < -0.39 is 0 Å². The second-order valence-corrected chi connectivity index (χ2v) is 3.72. The van der Waals surface area contributed by atoms with E-state index in [1.54, 1.807) is 24.5 Å². The molecule has 0 bridgehead atoms. The van der Waals surface area contributed by atoms with E-state index in [1.807, 2.05) is 12.1 Å². The molecule has 2 nitrogen and oxygen atoms in total. The van der Waals surface area contributed by atoms with Crippen LogP contribution in [0.15, 0.2) is 48.8 Å². The summed E-state index contributed by atoms with van der Waals surface area (Å²) in [5, 5.41) is 0. The summed E-state index contributed by atoms with van der Waals surface area (Å²) in [7, 11) is 0. The Morgan fingerprint density at radius 3 is 2.31 bits per heavy atom. The standard InChI is InChI=1S/C13H13FN2/c14-12-3-1-10(2-4-12)9-13(15)11-5-7-16-8-6-11/h1-8,13H,9,15H2/t13-/m0/s1. The largest absolute Gasteiger partial charge is 0.324 e. The molecule has 0 aliphatic carbocycles. The monoisotopic (exact) mass is 216 g/mol. The Kier molecular flexibility index (Phi) is 3.27. The lowest BCUT2D eigenvalue weighted by Crippen LogP contribution is -2.13. The van der Waals surface area contributed by atoms with Crippen molar-refractivity contribution in [1.82, 2.24) is 4.98 Å². The molecular formula is C13H13FN2. The minimum Gasteiger partial charge on any atom is -0.324 e. The minimum atomic E-state index is -0.221. The van der Waals surface area contributed by atoms with Crippen LogP contribution in [-0.4, -0.2) is 4.98 Å². The normalized spacial score (nSPS) is 12.4. The first-order chi connectivity index (χ1) is 7.75. The fourth-order valence-corrected chi connectivity index (χ4v) is 1.60. The van der Waals surface area contributed by atoms with E-state index in [4.69, 9.17) is 5.73 Å². The van der Waals surface area contributed by atoms with Crippen molar-refractivity contribution < 1.29 is 4.39 Å². The molecule has 0 aliphatic rings. The maximum atomic E-state index is 12.7. The van der Waals surface area contributed by atoms with Gasteiger partial charge in [0.2, 0.25) is 0 Å². The van der Waals surface area contributed by atoms with Gasteiger partial charge in [-0.05, 0) is 41.8 Å². The fourth-order valence-electron chi connectivity index (χ4n) is 1.60. The zero-order valence-corrected chi connectivity index (χ0v) is 8.81. The van der Waals surface area contributed by atoms with Crippen molar-refractivity contribution in [2.45, 2.75) is 12.5 Å². The van der Waals surface area contributed by atoms with Gasteiger partial charge in [-0.1, -0.05) is 12.1 Å². The van der Waals surface area contributed by atoms with Crippen LogP contribution in [0.2, 0.25) is 0 Å². The first-order valence-electron chi connectivity index (χ1n) is 5.15. The van der Waals surface area contributed by atoms with Gasteiger partial charge >= 0.3 is 0 Å². The molecule has 1 atom stereocenters. The molecule has 0 amide bonds. The van der Waals surface area contributed by atoms with Crippen LogP contribution in [-0.2, 0) is 6.42 Å². The van der Waals surface area contributed by atoms with Gasteiger partial charge in [0.1, 0.15) is 5.82 Å². The van der Waals surface area contributed by atoms with Crippen LogP contribution in [0.5, 0.6) is 0 Å². The highest BCUT2D eigenvalue weighted by Crippen LogP contribution is 2.15. The Hall–Kier alpha value is -1.74. The molecule has 1 heterocycles. The quantitative estimate of drug-likeness (QED) is 0.856. The summed E-state index contributed by atoms with van der Waals surface area (Å²) in [6, 6.07) is 10.1. The number of hydrogen-bond donors (Lipinski definition) is 1. The van der Waals surface area contributed by atoms with E-state index in [0.29, 0.717) is 6.42 Å². The SMILES string of the molecule is N[C@@H](Cc1ccc(F)cc1)c1ccncc1. The molecule has 16 heavy (non-hydrogen) atoms. The van der Waals surface area contributed by atoms with Crippen LogP contribution in [0.4, 0.5) is 4.39 Å². The molecule has 1 aromatic heterocycles. The predicted molar refractivity (Wildman–Crippen MR) is 61.3 cm³/mol. The van der Waals surface area contributed by atoms with Gasteiger partial charge in [-0.2, -0.15) is 0 Å². The molecule has 0 spiro atoms. The number of halogens is 1. The highest BCUT2D eigenvalue weighted by molar-refractivity contribution is 5.21. The van der Waals surface area contributed by atoms with Crippen molar-refractivity contribution in [3.05, 3.63) is 65.7 Å². The average molecular weight is 216 g/mol. The van der Waals surface area contributed by atoms with E-state index in [1.165, 1.54) is 12.1 Å². The molecule has 0 fully saturated rings. The third-order valence-corrected chi connectivity index (χ3v) is 2.50. The lowest BCUT2D eigenvalue weighted by molar-refractivity contribution is 0.625. The van der Waals surface area contributed by atoms with Gasteiger partial charge in [-0.15, -0.1) is 0 Å². The van der Waals surface area contributed by atoms with Gasteiger partial charge in [-0.25, -0.2) is 4.39 Å². The predicted octanol–water partition coefficient (Wildman–Crippen LogP) is 2.46. The Labute approximate surface area is 93.9 Å². The molecule has 0 radical (unpaired) electrons. The van der Waals surface area contributed by atoms with Crippen molar-refractivity contribution >= 4 is 0 Å². The molecule has 2 rings (SSSR count). The molecule has 3 heteroatoms. The van der Waals surface area contributed by atoms with Crippen LogP contribution >= 0.6 is 0 Å². The number of nitrogens with zero attached hydrogens (tertiary/aromatic N) is 1. The number of nitrogens with two attached hydrogens (primary N) is 1. The smallest absolute Gasteiger partial charge is 0.123 e. The lowest BCUT2D eigenvalue weighted by Gasteiger charge is -2.11. The van der Waals surface area contributed by atoms with Gasteiger partial charge in [0, 0.05) is 18.4 Å². The van der Waals surface area contributed by atoms with E-state index in [2.05, 4.69) is 4.98 Å². The van der Waals surface area contributed by atoms with Crippen LogP contribution in [0.1, 0.15) is 17.2 Å². The van der Waals surface area contributed by atoms with Gasteiger partial charge in [0.15, 0.2) is 0 Å². The summed E-state index contributed by atoms with van der Waals surface area (Å²) in [5.74, 6) is -0.221. The maximum absolute atomic E-state index is 12.7. The molecule has 0 saturated heterocycles. The third-order valence-electron chi connectivity index (χ3n) is 2.50. The van der Waals surface area contributed by atoms with E-state index in [9.17, 15) is 4.39 Å². The average Bonchev–Trinajstić information content (AvgIpc) is 2.33. The number of rotatable bonds is 3. The van der Waals surface area contributed by atoms with Crippen molar-refractivity contribution in [3.63, 3.8) is 0 Å². The van der Waals surface area contributed by atoms with Gasteiger partial charge in [-0.3, -0.25) is 4.98 Å². The Morgan fingerprint density at radius 1 is 1.06 bits per heavy atom. The van der Waals surface area contributed by atoms with Crippen LogP contribution in [0, 0.1) is 5.82 Å². The summed E-state index contributed by atoms with van der Waals surface area (Å²) in [4.78, 5) is 3.94. The first kappa shape index (κ1) is 10.8. The van der Waals surface area contributed by atoms with Crippen LogP contribution in [0.3, 0.4) is 0 Å². The molecule has 2 N–H and O–H groups in total. The second-order valence-electron chi connectivity index (χ2n) is 3.72. The highest BCUT2D eigenvalue weighted by atomic mass is 19.1. The molecule has 0 saturated carbocycles. The van der Waals surface area contributed by atoms with E-state index in [-0.39, 0.29) is 11.9 Å². The fraction of sp³-hybridized carbons (Fsp3) is 0.154. The highest BCUT2D eigenvalue weighted by Gasteiger charge is 2.06. The number of pyridine rings is 1. The van der Waals surface area contributed by atoms with Crippen molar-refractivity contribution in [2.24, 2.45) is 5.73 Å². The Bertz CT molecular complexity index is 439. The van der Waals surface area contributed by atoms with Crippen LogP contribution < -0.4 is 5.73 Å². The molecule has 0 aliphatic heterocycles. The molecule has 1 aromatic carbocycles. The number of hydrogen-bond acceptors (Lipinski definition) is 2. The topological polar surface area (TPSA) is 38.9 Å². The summed E-state index contributed by atoms with van der Waals surface area (Å²) in [6.45, 7) is 0.